The van der Waals surface area contributed by atoms with Crippen LogP contribution in [0, 0.1) is 0 Å². The molecule has 2 rings (SSSR count). The fraction of sp³-hybridized carbons (Fsp3) is 0.167. The van der Waals surface area contributed by atoms with Gasteiger partial charge < -0.3 is 14.3 Å². The van der Waals surface area contributed by atoms with Crippen LogP contribution in [0.15, 0.2) is 28.7 Å². The maximum absolute atomic E-state index is 11.0. The third-order valence-corrected chi connectivity index (χ3v) is 2.62. The zero-order valence-corrected chi connectivity index (χ0v) is 9.82. The molecule has 17 heavy (non-hydrogen) atoms. The Kier molecular flexibility index (Phi) is 3.15. The van der Waals surface area contributed by atoms with Gasteiger partial charge in [0, 0.05) is 12.0 Å². The third kappa shape index (κ3) is 2.17. The number of carboxylic acid groups (broad SMARTS) is 1. The second-order valence-corrected chi connectivity index (χ2v) is 3.81. The molecule has 0 atom stereocenters. The predicted octanol–water partition coefficient (Wildman–Crippen LogP) is 1.92. The lowest BCUT2D eigenvalue weighted by molar-refractivity contribution is -0.255. The number of carbonyl (C=O) groups excluding carboxylic acids is 1. The monoisotopic (exact) mass is 250 g/mol. The molecule has 0 N–H and O–H groups in total. The summed E-state index contributed by atoms with van der Waals surface area (Å²) < 4.78 is 5.38. The summed E-state index contributed by atoms with van der Waals surface area (Å²) in [6.45, 7) is 1.82. The molecule has 0 aliphatic rings. The maximum atomic E-state index is 11.0. The van der Waals surface area contributed by atoms with Crippen LogP contribution in [0.2, 0.25) is 5.02 Å². The van der Waals surface area contributed by atoms with Gasteiger partial charge in [-0.1, -0.05) is 30.7 Å². The van der Waals surface area contributed by atoms with Crippen molar-refractivity contribution >= 4 is 17.6 Å². The summed E-state index contributed by atoms with van der Waals surface area (Å²) in [5.41, 5.74) is 0.288. The first-order valence-electron chi connectivity index (χ1n) is 5.09. The van der Waals surface area contributed by atoms with Gasteiger partial charge in [0.25, 0.3) is 0 Å². The van der Waals surface area contributed by atoms with Crippen LogP contribution in [0.25, 0.3) is 11.3 Å². The molecule has 0 saturated heterocycles. The van der Waals surface area contributed by atoms with E-state index in [0.29, 0.717) is 22.9 Å². The number of carbonyl (C=O) groups is 1. The lowest BCUT2D eigenvalue weighted by Crippen LogP contribution is -2.23. The molecule has 0 fully saturated rings. The number of halogens is 1. The highest BCUT2D eigenvalue weighted by Crippen LogP contribution is 2.30. The molecule has 0 radical (unpaired) electrons. The second-order valence-electron chi connectivity index (χ2n) is 3.41. The number of hydrogen-bond donors (Lipinski definition) is 0. The van der Waals surface area contributed by atoms with Gasteiger partial charge in [0.1, 0.15) is 5.69 Å². The number of carboxylic acids is 1. The summed E-state index contributed by atoms with van der Waals surface area (Å²) in [6.07, 6.45) is 0.505. The van der Waals surface area contributed by atoms with E-state index in [-0.39, 0.29) is 11.5 Å². The van der Waals surface area contributed by atoms with Crippen molar-refractivity contribution in [2.75, 3.05) is 0 Å². The van der Waals surface area contributed by atoms with Crippen molar-refractivity contribution < 1.29 is 14.3 Å². The number of aromatic carboxylic acids is 1. The number of hydrogen-bond acceptors (Lipinski definition) is 4. The van der Waals surface area contributed by atoms with E-state index in [1.165, 1.54) is 0 Å². The highest BCUT2D eigenvalue weighted by Gasteiger charge is 2.17. The van der Waals surface area contributed by atoms with Gasteiger partial charge in [0.2, 0.25) is 0 Å². The predicted molar refractivity (Wildman–Crippen MR) is 60.7 cm³/mol. The summed E-state index contributed by atoms with van der Waals surface area (Å²) in [6, 6.07) is 6.83. The summed E-state index contributed by atoms with van der Waals surface area (Å²) in [5, 5.41) is 11.4. The standard InChI is InChI=1S/C12H10ClNO3/c1-2-9-14-10(12(15)16)11(17-9)7-5-3-4-6-8(7)13/h3-6H,2H2,1H3,(H,15,16)/p-1. The van der Waals surface area contributed by atoms with Crippen LogP contribution in [0.5, 0.6) is 0 Å². The Hall–Kier alpha value is -1.81. The Bertz CT molecular complexity index is 563. The number of aromatic nitrogens is 1. The Balaban J connectivity index is 2.62. The van der Waals surface area contributed by atoms with Gasteiger partial charge >= 0.3 is 0 Å². The molecular weight excluding hydrogens is 242 g/mol. The van der Waals surface area contributed by atoms with Gasteiger partial charge in [-0.15, -0.1) is 0 Å². The number of benzene rings is 1. The zero-order valence-electron chi connectivity index (χ0n) is 9.07. The summed E-state index contributed by atoms with van der Waals surface area (Å²) in [4.78, 5) is 14.8. The molecule has 2 aromatic rings. The highest BCUT2D eigenvalue weighted by atomic mass is 35.5. The van der Waals surface area contributed by atoms with Gasteiger partial charge in [-0.25, -0.2) is 4.98 Å². The lowest BCUT2D eigenvalue weighted by atomic mass is 10.1. The van der Waals surface area contributed by atoms with Crippen LogP contribution in [-0.2, 0) is 6.42 Å². The van der Waals surface area contributed by atoms with Crippen molar-refractivity contribution in [1.29, 1.82) is 0 Å². The molecule has 0 aliphatic carbocycles. The van der Waals surface area contributed by atoms with Crippen LogP contribution >= 0.6 is 11.6 Å². The molecule has 5 heteroatoms. The quantitative estimate of drug-likeness (QED) is 0.835. The fourth-order valence-electron chi connectivity index (χ4n) is 1.48. The first-order valence-corrected chi connectivity index (χ1v) is 5.47. The van der Waals surface area contributed by atoms with E-state index in [4.69, 9.17) is 16.0 Å². The molecule has 0 bridgehead atoms. The number of nitrogens with zero attached hydrogens (tertiary/aromatic N) is 1. The minimum atomic E-state index is -1.37. The molecule has 88 valence electrons. The van der Waals surface area contributed by atoms with Crippen LogP contribution in [-0.4, -0.2) is 11.0 Å². The van der Waals surface area contributed by atoms with Crippen LogP contribution in [0.3, 0.4) is 0 Å². The SMILES string of the molecule is CCc1nc(C(=O)[O-])c(-c2ccccc2Cl)o1. The largest absolute Gasteiger partial charge is 0.543 e. The zero-order chi connectivity index (χ0) is 12.4. The maximum Gasteiger partial charge on any atom is 0.195 e. The Morgan fingerprint density at radius 1 is 1.47 bits per heavy atom. The van der Waals surface area contributed by atoms with Crippen molar-refractivity contribution in [2.24, 2.45) is 0 Å². The molecule has 4 nitrogen and oxygen atoms in total. The van der Waals surface area contributed by atoms with Gasteiger partial charge in [-0.2, -0.15) is 0 Å². The van der Waals surface area contributed by atoms with E-state index in [1.807, 2.05) is 6.92 Å². The van der Waals surface area contributed by atoms with Crippen molar-refractivity contribution in [1.82, 2.24) is 4.98 Å². The van der Waals surface area contributed by atoms with E-state index in [9.17, 15) is 9.90 Å². The van der Waals surface area contributed by atoms with E-state index < -0.39 is 5.97 Å². The van der Waals surface area contributed by atoms with Crippen molar-refractivity contribution in [3.8, 4) is 11.3 Å². The Morgan fingerprint density at radius 2 is 2.18 bits per heavy atom. The molecule has 0 unspecified atom stereocenters. The average molecular weight is 251 g/mol. The third-order valence-electron chi connectivity index (χ3n) is 2.29. The van der Waals surface area contributed by atoms with Crippen LogP contribution in [0.1, 0.15) is 23.3 Å². The molecule has 0 saturated carbocycles. The van der Waals surface area contributed by atoms with E-state index in [1.54, 1.807) is 24.3 Å². The Morgan fingerprint density at radius 3 is 2.76 bits per heavy atom. The van der Waals surface area contributed by atoms with Crippen LogP contribution in [0.4, 0.5) is 0 Å². The minimum absolute atomic E-state index is 0.146. The van der Waals surface area contributed by atoms with Gasteiger partial charge in [0.05, 0.1) is 11.0 Å². The first-order chi connectivity index (χ1) is 8.13. The van der Waals surface area contributed by atoms with Gasteiger partial charge in [-0.3, -0.25) is 0 Å². The molecule has 0 aliphatic heterocycles. The van der Waals surface area contributed by atoms with E-state index in [0.717, 1.165) is 0 Å². The highest BCUT2D eigenvalue weighted by molar-refractivity contribution is 6.33. The second kappa shape index (κ2) is 4.59. The van der Waals surface area contributed by atoms with Crippen molar-refractivity contribution in [3.63, 3.8) is 0 Å². The van der Waals surface area contributed by atoms with E-state index >= 15 is 0 Å². The molecule has 0 amide bonds. The number of aryl methyl sites for hydroxylation is 1. The first kappa shape index (κ1) is 11.7. The van der Waals surface area contributed by atoms with Crippen molar-refractivity contribution in [3.05, 3.63) is 40.9 Å². The van der Waals surface area contributed by atoms with Gasteiger partial charge in [-0.05, 0) is 12.1 Å². The molecule has 1 aromatic carbocycles. The summed E-state index contributed by atoms with van der Waals surface area (Å²) >= 11 is 5.99. The van der Waals surface area contributed by atoms with Gasteiger partial charge in [0.15, 0.2) is 11.7 Å². The normalized spacial score (nSPS) is 10.5. The number of oxazole rings is 1. The van der Waals surface area contributed by atoms with Crippen molar-refractivity contribution in [2.45, 2.75) is 13.3 Å². The average Bonchev–Trinajstić information content (AvgIpc) is 2.73. The summed E-state index contributed by atoms with van der Waals surface area (Å²) in [7, 11) is 0. The number of rotatable bonds is 3. The Labute approximate surface area is 103 Å². The summed E-state index contributed by atoms with van der Waals surface area (Å²) in [5.74, 6) is -0.880. The molecule has 1 aromatic heterocycles. The lowest BCUT2D eigenvalue weighted by Gasteiger charge is -2.03. The molecular formula is C12H9ClNO3-. The molecule has 0 spiro atoms. The topological polar surface area (TPSA) is 66.2 Å². The molecule has 1 heterocycles. The van der Waals surface area contributed by atoms with E-state index in [2.05, 4.69) is 4.98 Å². The van der Waals surface area contributed by atoms with Crippen LogP contribution < -0.4 is 5.11 Å². The smallest absolute Gasteiger partial charge is 0.195 e. The minimum Gasteiger partial charge on any atom is -0.543 e. The fourth-order valence-corrected chi connectivity index (χ4v) is 1.70.